The second kappa shape index (κ2) is 7.56. The van der Waals surface area contributed by atoms with Crippen LogP contribution in [0.1, 0.15) is 37.1 Å². The second-order valence-electron chi connectivity index (χ2n) is 6.64. The predicted molar refractivity (Wildman–Crippen MR) is 101 cm³/mol. The van der Waals surface area contributed by atoms with E-state index in [9.17, 15) is 9.59 Å². The van der Waals surface area contributed by atoms with Crippen LogP contribution in [0.25, 0.3) is 0 Å². The van der Waals surface area contributed by atoms with Crippen LogP contribution in [-0.2, 0) is 16.0 Å². The standard InChI is InChI=1S/C19H21N3O4S/c1-12(13-4-5-15-16(9-13)26-8-7-25-15)20-17(23)10-14-11-27-19(21-14)22-6-2-3-18(22)24/h4-5,9,11-12H,2-3,6-8,10H2,1H3,(H,20,23)/t12-/m0/s1. The average molecular weight is 387 g/mol. The number of aromatic nitrogens is 1. The number of hydrogen-bond acceptors (Lipinski definition) is 6. The highest BCUT2D eigenvalue weighted by Crippen LogP contribution is 2.32. The molecule has 1 atom stereocenters. The number of nitrogens with one attached hydrogen (secondary N) is 1. The number of thiazole rings is 1. The van der Waals surface area contributed by atoms with E-state index in [-0.39, 0.29) is 24.3 Å². The van der Waals surface area contributed by atoms with Crippen LogP contribution in [-0.4, -0.2) is 36.6 Å². The van der Waals surface area contributed by atoms with Crippen molar-refractivity contribution in [1.82, 2.24) is 10.3 Å². The molecule has 1 aromatic carbocycles. The lowest BCUT2D eigenvalue weighted by Gasteiger charge is -2.21. The van der Waals surface area contributed by atoms with Crippen LogP contribution in [0.15, 0.2) is 23.6 Å². The number of nitrogens with zero attached hydrogens (tertiary/aromatic N) is 2. The number of fused-ring (bicyclic) bond motifs is 1. The van der Waals surface area contributed by atoms with Gasteiger partial charge in [0.15, 0.2) is 16.6 Å². The third-order valence-electron chi connectivity index (χ3n) is 4.63. The minimum absolute atomic E-state index is 0.104. The molecule has 0 saturated carbocycles. The molecule has 2 aromatic rings. The van der Waals surface area contributed by atoms with Gasteiger partial charge in [0, 0.05) is 18.3 Å². The van der Waals surface area contributed by atoms with Gasteiger partial charge in [0.1, 0.15) is 13.2 Å². The highest BCUT2D eigenvalue weighted by Gasteiger charge is 2.24. The first-order chi connectivity index (χ1) is 13.1. The summed E-state index contributed by atoms with van der Waals surface area (Å²) >= 11 is 1.41. The van der Waals surface area contributed by atoms with Gasteiger partial charge >= 0.3 is 0 Å². The number of hydrogen-bond donors (Lipinski definition) is 1. The number of rotatable bonds is 5. The monoisotopic (exact) mass is 387 g/mol. The van der Waals surface area contributed by atoms with Crippen molar-refractivity contribution >= 4 is 28.3 Å². The maximum Gasteiger partial charge on any atom is 0.228 e. The van der Waals surface area contributed by atoms with Gasteiger partial charge in [0.2, 0.25) is 11.8 Å². The highest BCUT2D eigenvalue weighted by atomic mass is 32.1. The summed E-state index contributed by atoms with van der Waals surface area (Å²) in [5.41, 5.74) is 1.64. The first kappa shape index (κ1) is 17.8. The summed E-state index contributed by atoms with van der Waals surface area (Å²) in [5.74, 6) is 1.43. The predicted octanol–water partition coefficient (Wildman–Crippen LogP) is 2.46. The maximum absolute atomic E-state index is 12.4. The van der Waals surface area contributed by atoms with E-state index < -0.39 is 0 Å². The average Bonchev–Trinajstić information content (AvgIpc) is 3.29. The molecule has 7 nitrogen and oxygen atoms in total. The Labute approximate surface area is 161 Å². The number of carbonyl (C=O) groups is 2. The molecule has 1 fully saturated rings. The van der Waals surface area contributed by atoms with Gasteiger partial charge in [0.25, 0.3) is 0 Å². The maximum atomic E-state index is 12.4. The van der Waals surface area contributed by atoms with E-state index in [1.165, 1.54) is 11.3 Å². The molecule has 27 heavy (non-hydrogen) atoms. The van der Waals surface area contributed by atoms with Crippen molar-refractivity contribution in [3.63, 3.8) is 0 Å². The largest absolute Gasteiger partial charge is 0.486 e. The van der Waals surface area contributed by atoms with Crippen molar-refractivity contribution in [1.29, 1.82) is 0 Å². The molecule has 1 saturated heterocycles. The Morgan fingerprint density at radius 2 is 2.15 bits per heavy atom. The van der Waals surface area contributed by atoms with Crippen molar-refractivity contribution in [2.75, 3.05) is 24.7 Å². The summed E-state index contributed by atoms with van der Waals surface area (Å²) in [7, 11) is 0. The zero-order valence-corrected chi connectivity index (χ0v) is 15.9. The van der Waals surface area contributed by atoms with Crippen molar-refractivity contribution < 1.29 is 19.1 Å². The molecule has 4 rings (SSSR count). The van der Waals surface area contributed by atoms with Crippen LogP contribution in [0.5, 0.6) is 11.5 Å². The topological polar surface area (TPSA) is 80.8 Å². The number of carbonyl (C=O) groups excluding carboxylic acids is 2. The fraction of sp³-hybridized carbons (Fsp3) is 0.421. The molecule has 8 heteroatoms. The van der Waals surface area contributed by atoms with E-state index in [0.29, 0.717) is 42.8 Å². The SMILES string of the molecule is C[C@H](NC(=O)Cc1csc(N2CCCC2=O)n1)c1ccc2c(c1)OCCO2. The zero-order valence-electron chi connectivity index (χ0n) is 15.1. The van der Waals surface area contributed by atoms with E-state index in [2.05, 4.69) is 10.3 Å². The molecule has 3 heterocycles. The molecule has 0 aliphatic carbocycles. The molecule has 0 bridgehead atoms. The molecule has 142 valence electrons. The summed E-state index contributed by atoms with van der Waals surface area (Å²) in [4.78, 5) is 30.3. The Kier molecular flexibility index (Phi) is 4.98. The lowest BCUT2D eigenvalue weighted by molar-refractivity contribution is -0.121. The van der Waals surface area contributed by atoms with Crippen molar-refractivity contribution in [2.45, 2.75) is 32.2 Å². The van der Waals surface area contributed by atoms with Gasteiger partial charge in [-0.1, -0.05) is 6.07 Å². The van der Waals surface area contributed by atoms with E-state index in [0.717, 1.165) is 17.7 Å². The van der Waals surface area contributed by atoms with Gasteiger partial charge in [-0.25, -0.2) is 4.98 Å². The van der Waals surface area contributed by atoms with Gasteiger partial charge in [-0.05, 0) is 31.0 Å². The lowest BCUT2D eigenvalue weighted by atomic mass is 10.1. The first-order valence-corrected chi connectivity index (χ1v) is 9.92. The van der Waals surface area contributed by atoms with E-state index in [4.69, 9.17) is 9.47 Å². The van der Waals surface area contributed by atoms with Gasteiger partial charge in [-0.3, -0.25) is 14.5 Å². The molecule has 2 aliphatic heterocycles. The number of ether oxygens (including phenoxy) is 2. The van der Waals surface area contributed by atoms with Gasteiger partial charge in [0.05, 0.1) is 18.2 Å². The van der Waals surface area contributed by atoms with E-state index in [1.807, 2.05) is 30.5 Å². The first-order valence-electron chi connectivity index (χ1n) is 9.04. The molecule has 1 N–H and O–H groups in total. The lowest BCUT2D eigenvalue weighted by Crippen LogP contribution is -2.28. The second-order valence-corrected chi connectivity index (χ2v) is 7.48. The fourth-order valence-corrected chi connectivity index (χ4v) is 4.09. The number of benzene rings is 1. The van der Waals surface area contributed by atoms with Crippen LogP contribution >= 0.6 is 11.3 Å². The van der Waals surface area contributed by atoms with Crippen LogP contribution in [0.4, 0.5) is 5.13 Å². The summed E-state index contributed by atoms with van der Waals surface area (Å²) in [6, 6.07) is 5.54. The molecule has 0 radical (unpaired) electrons. The quantitative estimate of drug-likeness (QED) is 0.852. The normalized spacial score (nSPS) is 17.1. The van der Waals surface area contributed by atoms with Gasteiger partial charge < -0.3 is 14.8 Å². The van der Waals surface area contributed by atoms with E-state index in [1.54, 1.807) is 4.90 Å². The minimum Gasteiger partial charge on any atom is -0.486 e. The summed E-state index contributed by atoms with van der Waals surface area (Å²) in [5, 5.41) is 5.51. The van der Waals surface area contributed by atoms with Crippen molar-refractivity contribution in [3.05, 3.63) is 34.8 Å². The Bertz CT molecular complexity index is 866. The Balaban J connectivity index is 1.36. The molecule has 1 aromatic heterocycles. The van der Waals surface area contributed by atoms with Gasteiger partial charge in [-0.2, -0.15) is 0 Å². The molecule has 0 unspecified atom stereocenters. The van der Waals surface area contributed by atoms with Crippen LogP contribution in [0.3, 0.4) is 0 Å². The van der Waals surface area contributed by atoms with Crippen molar-refractivity contribution in [2.24, 2.45) is 0 Å². The Hall–Kier alpha value is -2.61. The van der Waals surface area contributed by atoms with Crippen LogP contribution in [0.2, 0.25) is 0 Å². The zero-order chi connectivity index (χ0) is 18.8. The van der Waals surface area contributed by atoms with Crippen LogP contribution < -0.4 is 19.7 Å². The Morgan fingerprint density at radius 1 is 1.33 bits per heavy atom. The van der Waals surface area contributed by atoms with Crippen LogP contribution in [0, 0.1) is 0 Å². The summed E-state index contributed by atoms with van der Waals surface area (Å²) < 4.78 is 11.1. The van der Waals surface area contributed by atoms with Crippen molar-refractivity contribution in [3.8, 4) is 11.5 Å². The third-order valence-corrected chi connectivity index (χ3v) is 5.54. The molecule has 2 aliphatic rings. The third kappa shape index (κ3) is 3.90. The fourth-order valence-electron chi connectivity index (χ4n) is 3.22. The highest BCUT2D eigenvalue weighted by molar-refractivity contribution is 7.14. The number of amides is 2. The summed E-state index contributed by atoms with van der Waals surface area (Å²) in [6.07, 6.45) is 1.62. The molecular weight excluding hydrogens is 366 g/mol. The molecule has 0 spiro atoms. The smallest absolute Gasteiger partial charge is 0.228 e. The van der Waals surface area contributed by atoms with Gasteiger partial charge in [-0.15, -0.1) is 11.3 Å². The Morgan fingerprint density at radius 3 is 2.93 bits per heavy atom. The molecule has 2 amide bonds. The van der Waals surface area contributed by atoms with E-state index >= 15 is 0 Å². The molecular formula is C19H21N3O4S. The minimum atomic E-state index is -0.161. The number of anilines is 1. The summed E-state index contributed by atoms with van der Waals surface area (Å²) in [6.45, 7) is 3.72.